The highest BCUT2D eigenvalue weighted by Gasteiger charge is 2.49. The summed E-state index contributed by atoms with van der Waals surface area (Å²) in [4.78, 5) is 23.5. The molecule has 11 nitrogen and oxygen atoms in total. The van der Waals surface area contributed by atoms with E-state index in [4.69, 9.17) is 15.2 Å². The molecule has 2 aromatic rings. The van der Waals surface area contributed by atoms with Crippen LogP contribution in [0.2, 0.25) is 0 Å². The van der Waals surface area contributed by atoms with Gasteiger partial charge in [-0.1, -0.05) is 0 Å². The van der Waals surface area contributed by atoms with Crippen LogP contribution in [0.15, 0.2) is 12.7 Å². The van der Waals surface area contributed by atoms with E-state index in [-0.39, 0.29) is 30.5 Å². The highest BCUT2D eigenvalue weighted by Crippen LogP contribution is 2.33. The molecular formula is C13H18ClN5O6. The van der Waals surface area contributed by atoms with E-state index in [1.165, 1.54) is 17.2 Å². The number of carbonyl (C=O) groups is 1. The monoisotopic (exact) mass is 375 g/mol. The molecule has 3 rings (SSSR count). The molecule has 25 heavy (non-hydrogen) atoms. The molecule has 1 aliphatic rings. The van der Waals surface area contributed by atoms with Gasteiger partial charge < -0.3 is 30.5 Å². The third-order valence-corrected chi connectivity index (χ3v) is 3.78. The molecule has 1 aliphatic heterocycles. The van der Waals surface area contributed by atoms with Crippen molar-refractivity contribution < 1.29 is 29.6 Å². The van der Waals surface area contributed by atoms with Crippen molar-refractivity contribution in [1.82, 2.24) is 19.5 Å². The Kier molecular flexibility index (Phi) is 5.75. The number of aromatic nitrogens is 4. The fourth-order valence-electron chi connectivity index (χ4n) is 2.59. The van der Waals surface area contributed by atoms with Crippen LogP contribution in [0.5, 0.6) is 0 Å². The number of nitrogen functional groups attached to an aromatic ring is 1. The lowest BCUT2D eigenvalue weighted by atomic mass is 10.1. The molecule has 3 heterocycles. The summed E-state index contributed by atoms with van der Waals surface area (Å²) in [6.07, 6.45) is -4.62. The number of esters is 1. The number of nitrogens with two attached hydrogens (primary N) is 1. The number of fused-ring (bicyclic) bond motifs is 1. The van der Waals surface area contributed by atoms with Crippen molar-refractivity contribution in [3.05, 3.63) is 12.7 Å². The number of ether oxygens (including phenoxy) is 2. The van der Waals surface area contributed by atoms with Gasteiger partial charge in [-0.15, -0.1) is 12.4 Å². The number of hydrogen-bond acceptors (Lipinski definition) is 10. The molecule has 0 bridgehead atoms. The molecular weight excluding hydrogens is 358 g/mol. The van der Waals surface area contributed by atoms with Crippen LogP contribution in [0.3, 0.4) is 0 Å². The van der Waals surface area contributed by atoms with E-state index in [1.54, 1.807) is 6.92 Å². The number of rotatable bonds is 4. The Bertz CT molecular complexity index is 758. The van der Waals surface area contributed by atoms with E-state index in [0.29, 0.717) is 5.52 Å². The van der Waals surface area contributed by atoms with Crippen LogP contribution in [0.25, 0.3) is 11.2 Å². The van der Waals surface area contributed by atoms with Crippen molar-refractivity contribution in [2.75, 3.05) is 12.3 Å². The molecule has 0 aliphatic carbocycles. The predicted octanol–water partition coefficient (Wildman–Crippen LogP) is -1.63. The lowest BCUT2D eigenvalue weighted by molar-refractivity contribution is -0.166. The summed E-state index contributed by atoms with van der Waals surface area (Å²) in [6, 6.07) is 0. The molecule has 5 N–H and O–H groups in total. The van der Waals surface area contributed by atoms with Crippen LogP contribution in [0, 0.1) is 0 Å². The summed E-state index contributed by atoms with van der Waals surface area (Å²) >= 11 is 0. The minimum atomic E-state index is -1.74. The van der Waals surface area contributed by atoms with Crippen molar-refractivity contribution in [2.45, 2.75) is 37.6 Å². The first-order chi connectivity index (χ1) is 11.5. The average Bonchev–Trinajstić information content (AvgIpc) is 3.11. The second-order valence-electron chi connectivity index (χ2n) is 5.25. The Hall–Kier alpha value is -2.05. The van der Waals surface area contributed by atoms with Crippen LogP contribution < -0.4 is 5.73 Å². The smallest absolute Gasteiger partial charge is 0.337 e. The molecule has 0 saturated carbocycles. The first-order valence-electron chi connectivity index (χ1n) is 7.25. The zero-order valence-electron chi connectivity index (χ0n) is 13.1. The van der Waals surface area contributed by atoms with Crippen LogP contribution in [0.1, 0.15) is 13.2 Å². The van der Waals surface area contributed by atoms with E-state index >= 15 is 0 Å². The topological polar surface area (TPSA) is 166 Å². The average molecular weight is 376 g/mol. The molecule has 1 saturated heterocycles. The van der Waals surface area contributed by atoms with Crippen molar-refractivity contribution in [1.29, 1.82) is 0 Å². The zero-order chi connectivity index (χ0) is 17.4. The third kappa shape index (κ3) is 3.24. The highest BCUT2D eigenvalue weighted by molar-refractivity contribution is 5.85. The largest absolute Gasteiger partial charge is 0.464 e. The minimum absolute atomic E-state index is 0. The fraction of sp³-hybridized carbons (Fsp3) is 0.538. The first-order valence-corrected chi connectivity index (χ1v) is 7.25. The van der Waals surface area contributed by atoms with Crippen molar-refractivity contribution in [3.63, 3.8) is 0 Å². The lowest BCUT2D eigenvalue weighted by Gasteiger charge is -2.19. The van der Waals surface area contributed by atoms with Crippen molar-refractivity contribution in [3.8, 4) is 0 Å². The molecule has 0 amide bonds. The van der Waals surface area contributed by atoms with Crippen LogP contribution in [-0.2, 0) is 14.3 Å². The first kappa shape index (κ1) is 19.3. The van der Waals surface area contributed by atoms with E-state index in [1.807, 2.05) is 0 Å². The van der Waals surface area contributed by atoms with Gasteiger partial charge in [0.2, 0.25) is 0 Å². The van der Waals surface area contributed by atoms with Gasteiger partial charge >= 0.3 is 5.97 Å². The Morgan fingerprint density at radius 1 is 1.40 bits per heavy atom. The number of aliphatic hydroxyl groups excluding tert-OH is 3. The number of hydrogen-bond donors (Lipinski definition) is 4. The molecule has 5 atom stereocenters. The van der Waals surface area contributed by atoms with Gasteiger partial charge in [-0.05, 0) is 6.92 Å². The summed E-state index contributed by atoms with van der Waals surface area (Å²) in [5, 5.41) is 30.3. The van der Waals surface area contributed by atoms with E-state index in [9.17, 15) is 20.1 Å². The van der Waals surface area contributed by atoms with Gasteiger partial charge in [0.25, 0.3) is 0 Å². The Balaban J connectivity index is 0.00000225. The van der Waals surface area contributed by atoms with E-state index < -0.39 is 36.6 Å². The third-order valence-electron chi connectivity index (χ3n) is 3.78. The number of imidazole rings is 1. The second kappa shape index (κ2) is 7.45. The van der Waals surface area contributed by atoms with Crippen molar-refractivity contribution >= 4 is 35.4 Å². The van der Waals surface area contributed by atoms with Gasteiger partial charge in [-0.3, -0.25) is 4.57 Å². The number of halogens is 1. The Morgan fingerprint density at radius 2 is 2.12 bits per heavy atom. The number of aliphatic hydroxyl groups is 3. The highest BCUT2D eigenvalue weighted by atomic mass is 35.5. The van der Waals surface area contributed by atoms with Gasteiger partial charge in [0.15, 0.2) is 23.8 Å². The molecule has 0 spiro atoms. The van der Waals surface area contributed by atoms with Gasteiger partial charge in [0, 0.05) is 0 Å². The summed E-state index contributed by atoms with van der Waals surface area (Å²) in [7, 11) is 0. The second-order valence-corrected chi connectivity index (χ2v) is 5.25. The summed E-state index contributed by atoms with van der Waals surface area (Å²) in [6.45, 7) is 1.64. The number of nitrogens with zero attached hydrogens (tertiary/aromatic N) is 4. The van der Waals surface area contributed by atoms with E-state index in [2.05, 4.69) is 15.0 Å². The lowest BCUT2D eigenvalue weighted by Crippen LogP contribution is -2.43. The van der Waals surface area contributed by atoms with Crippen LogP contribution in [-0.4, -0.2) is 71.8 Å². The Morgan fingerprint density at radius 3 is 2.80 bits per heavy atom. The fourth-order valence-corrected chi connectivity index (χ4v) is 2.59. The maximum Gasteiger partial charge on any atom is 0.337 e. The Labute approximate surface area is 147 Å². The molecule has 0 aromatic carbocycles. The van der Waals surface area contributed by atoms with Gasteiger partial charge in [-0.2, -0.15) is 0 Å². The number of carbonyl (C=O) groups excluding carboxylic acids is 1. The van der Waals surface area contributed by atoms with E-state index in [0.717, 1.165) is 0 Å². The molecule has 1 unspecified atom stereocenters. The quantitative estimate of drug-likeness (QED) is 0.456. The SMILES string of the molecule is CCOC(=O)C(O)[C@H]1O[C@@H](n2cnc3c(N)ncnc32)[C@H](O)[C@@H]1O.Cl. The predicted molar refractivity (Wildman–Crippen MR) is 85.5 cm³/mol. The molecule has 138 valence electrons. The summed E-state index contributed by atoms with van der Waals surface area (Å²) in [5.74, 6) is -0.800. The maximum atomic E-state index is 11.6. The number of anilines is 1. The molecule has 2 aromatic heterocycles. The molecule has 0 radical (unpaired) electrons. The minimum Gasteiger partial charge on any atom is -0.464 e. The standard InChI is InChI=1S/C13H17N5O6.ClH/c1-2-23-13(22)8(21)9-6(19)7(20)12(24-9)18-4-17-5-10(14)15-3-16-11(5)18;/h3-4,6-9,12,19-21H,2H2,1H3,(H2,14,15,16);1H/t6-,7+,8?,9-,12+;/m0./s1. The summed E-state index contributed by atoms with van der Waals surface area (Å²) in [5.41, 5.74) is 6.28. The van der Waals surface area contributed by atoms with Gasteiger partial charge in [-0.25, -0.2) is 19.7 Å². The molecule has 1 fully saturated rings. The summed E-state index contributed by atoms with van der Waals surface area (Å²) < 4.78 is 11.5. The zero-order valence-corrected chi connectivity index (χ0v) is 13.9. The van der Waals surface area contributed by atoms with Crippen molar-refractivity contribution in [2.24, 2.45) is 0 Å². The molecule has 12 heteroatoms. The maximum absolute atomic E-state index is 11.6. The normalized spacial score (nSPS) is 27.0. The van der Waals surface area contributed by atoms with Crippen LogP contribution in [0.4, 0.5) is 5.82 Å². The van der Waals surface area contributed by atoms with Gasteiger partial charge in [0.1, 0.15) is 30.2 Å². The van der Waals surface area contributed by atoms with Crippen LogP contribution >= 0.6 is 12.4 Å². The van der Waals surface area contributed by atoms with Gasteiger partial charge in [0.05, 0.1) is 12.9 Å².